The van der Waals surface area contributed by atoms with E-state index in [0.717, 1.165) is 11.4 Å². The molecule has 22 heavy (non-hydrogen) atoms. The predicted molar refractivity (Wildman–Crippen MR) is 92.6 cm³/mol. The van der Waals surface area contributed by atoms with Crippen LogP contribution in [0.2, 0.25) is 0 Å². The lowest BCUT2D eigenvalue weighted by molar-refractivity contribution is -0.384. The zero-order chi connectivity index (χ0) is 16.7. The number of hydrogen-bond acceptors (Lipinski definition) is 5. The summed E-state index contributed by atoms with van der Waals surface area (Å²) in [6.45, 7) is 0. The van der Waals surface area contributed by atoms with Crippen molar-refractivity contribution in [2.24, 2.45) is 0 Å². The lowest BCUT2D eigenvalue weighted by atomic mass is 10.3. The summed E-state index contributed by atoms with van der Waals surface area (Å²) >= 11 is 0. The number of nitro groups is 1. The quantitative estimate of drug-likeness (QED) is 0.536. The normalized spacial score (nSPS) is 9.45. The molecule has 0 radical (unpaired) electrons. The first-order chi connectivity index (χ1) is 10.3. The van der Waals surface area contributed by atoms with E-state index in [4.69, 9.17) is 5.73 Å². The number of rotatable bonds is 3. The highest BCUT2D eigenvalue weighted by atomic mass is 16.6. The second-order valence-electron chi connectivity index (χ2n) is 5.15. The van der Waals surface area contributed by atoms with E-state index in [1.54, 1.807) is 12.1 Å². The number of nitrogens with zero attached hydrogens (tertiary/aromatic N) is 3. The first kappa shape index (κ1) is 17.3. The summed E-state index contributed by atoms with van der Waals surface area (Å²) in [5.74, 6) is 0. The SMILES string of the molecule is CN(C)c1ccc(N)cc1.CN(C)c1ccc([N+](=O)[O-])cc1. The van der Waals surface area contributed by atoms with Crippen molar-refractivity contribution in [3.63, 3.8) is 0 Å². The van der Waals surface area contributed by atoms with Crippen molar-refractivity contribution in [2.75, 3.05) is 43.7 Å². The molecular formula is C16H22N4O2. The maximum atomic E-state index is 10.3. The molecular weight excluding hydrogens is 280 g/mol. The zero-order valence-electron chi connectivity index (χ0n) is 13.4. The topological polar surface area (TPSA) is 75.6 Å². The van der Waals surface area contributed by atoms with Gasteiger partial charge in [0.1, 0.15) is 0 Å². The minimum absolute atomic E-state index is 0.126. The standard InChI is InChI=1S/C8H10N2O2.C8H12N2/c1-9(2)7-3-5-8(6-4-7)10(11)12;1-10(2)8-5-3-7(9)4-6-8/h3-6H,1-2H3;3-6H,9H2,1-2H3. The Morgan fingerprint density at radius 2 is 1.18 bits per heavy atom. The van der Waals surface area contributed by atoms with Gasteiger partial charge in [-0.05, 0) is 36.4 Å². The van der Waals surface area contributed by atoms with Crippen LogP contribution in [0.15, 0.2) is 48.5 Å². The summed E-state index contributed by atoms with van der Waals surface area (Å²) in [7, 11) is 7.79. The number of nitro benzene ring substituents is 1. The molecule has 0 aliphatic rings. The Morgan fingerprint density at radius 1 is 0.818 bits per heavy atom. The summed E-state index contributed by atoms with van der Waals surface area (Å²) in [5.41, 5.74) is 8.58. The van der Waals surface area contributed by atoms with Crippen LogP contribution in [0.5, 0.6) is 0 Å². The summed E-state index contributed by atoms with van der Waals surface area (Å²) < 4.78 is 0. The van der Waals surface area contributed by atoms with Crippen molar-refractivity contribution in [3.05, 3.63) is 58.6 Å². The van der Waals surface area contributed by atoms with Gasteiger partial charge in [-0.3, -0.25) is 10.1 Å². The van der Waals surface area contributed by atoms with Crippen LogP contribution in [0.1, 0.15) is 0 Å². The summed E-state index contributed by atoms with van der Waals surface area (Å²) in [5, 5.41) is 10.3. The number of hydrogen-bond donors (Lipinski definition) is 1. The highest BCUT2D eigenvalue weighted by Crippen LogP contribution is 2.16. The molecule has 6 nitrogen and oxygen atoms in total. The maximum absolute atomic E-state index is 10.3. The van der Waals surface area contributed by atoms with Crippen molar-refractivity contribution in [1.82, 2.24) is 0 Å². The highest BCUT2D eigenvalue weighted by molar-refractivity contribution is 5.52. The molecule has 2 aromatic carbocycles. The van der Waals surface area contributed by atoms with Crippen molar-refractivity contribution in [1.29, 1.82) is 0 Å². The van der Waals surface area contributed by atoms with Gasteiger partial charge in [0, 0.05) is 57.4 Å². The number of nitrogens with two attached hydrogens (primary N) is 1. The predicted octanol–water partition coefficient (Wildman–Crippen LogP) is 3.00. The van der Waals surface area contributed by atoms with Crippen LogP contribution >= 0.6 is 0 Å². The van der Waals surface area contributed by atoms with E-state index in [9.17, 15) is 10.1 Å². The Hall–Kier alpha value is -2.76. The van der Waals surface area contributed by atoms with Gasteiger partial charge < -0.3 is 15.5 Å². The minimum Gasteiger partial charge on any atom is -0.399 e. The van der Waals surface area contributed by atoms with Crippen molar-refractivity contribution in [3.8, 4) is 0 Å². The number of anilines is 3. The van der Waals surface area contributed by atoms with Gasteiger partial charge in [0.05, 0.1) is 4.92 Å². The van der Waals surface area contributed by atoms with Gasteiger partial charge in [-0.2, -0.15) is 0 Å². The molecule has 0 atom stereocenters. The Bertz CT molecular complexity index is 593. The molecule has 2 N–H and O–H groups in total. The zero-order valence-corrected chi connectivity index (χ0v) is 13.4. The van der Waals surface area contributed by atoms with E-state index in [-0.39, 0.29) is 5.69 Å². The van der Waals surface area contributed by atoms with Gasteiger partial charge >= 0.3 is 0 Å². The fraction of sp³-hybridized carbons (Fsp3) is 0.250. The maximum Gasteiger partial charge on any atom is 0.269 e. The van der Waals surface area contributed by atoms with Gasteiger partial charge in [0.15, 0.2) is 0 Å². The average molecular weight is 302 g/mol. The molecule has 0 amide bonds. The van der Waals surface area contributed by atoms with E-state index in [0.29, 0.717) is 0 Å². The molecule has 6 heteroatoms. The Balaban J connectivity index is 0.000000224. The monoisotopic (exact) mass is 302 g/mol. The molecule has 0 unspecified atom stereocenters. The van der Waals surface area contributed by atoms with Crippen LogP contribution in [-0.4, -0.2) is 33.1 Å². The van der Waals surface area contributed by atoms with Gasteiger partial charge in [0.25, 0.3) is 5.69 Å². The highest BCUT2D eigenvalue weighted by Gasteiger charge is 2.03. The van der Waals surface area contributed by atoms with E-state index in [1.165, 1.54) is 17.8 Å². The van der Waals surface area contributed by atoms with Crippen molar-refractivity contribution in [2.45, 2.75) is 0 Å². The Kier molecular flexibility index (Phi) is 6.19. The number of non-ortho nitro benzene ring substituents is 1. The number of nitrogen functional groups attached to an aromatic ring is 1. The Labute approximate surface area is 130 Å². The molecule has 0 saturated heterocycles. The van der Waals surface area contributed by atoms with E-state index >= 15 is 0 Å². The third-order valence-electron chi connectivity index (χ3n) is 2.99. The van der Waals surface area contributed by atoms with Gasteiger partial charge in [-0.15, -0.1) is 0 Å². The third kappa shape index (κ3) is 5.32. The lowest BCUT2D eigenvalue weighted by Crippen LogP contribution is -2.08. The van der Waals surface area contributed by atoms with Crippen molar-refractivity contribution >= 4 is 22.7 Å². The van der Waals surface area contributed by atoms with Crippen LogP contribution in [0.3, 0.4) is 0 Å². The fourth-order valence-corrected chi connectivity index (χ4v) is 1.64. The third-order valence-corrected chi connectivity index (χ3v) is 2.99. The van der Waals surface area contributed by atoms with Crippen LogP contribution in [0.4, 0.5) is 22.7 Å². The molecule has 0 aliphatic carbocycles. The van der Waals surface area contributed by atoms with E-state index in [1.807, 2.05) is 62.3 Å². The van der Waals surface area contributed by atoms with Gasteiger partial charge in [0.2, 0.25) is 0 Å². The molecule has 2 rings (SSSR count). The van der Waals surface area contributed by atoms with E-state index in [2.05, 4.69) is 0 Å². The van der Waals surface area contributed by atoms with Gasteiger partial charge in [-0.25, -0.2) is 0 Å². The summed E-state index contributed by atoms with van der Waals surface area (Å²) in [4.78, 5) is 13.8. The second kappa shape index (κ2) is 7.87. The smallest absolute Gasteiger partial charge is 0.269 e. The molecule has 2 aromatic rings. The Morgan fingerprint density at radius 3 is 1.50 bits per heavy atom. The fourth-order valence-electron chi connectivity index (χ4n) is 1.64. The van der Waals surface area contributed by atoms with Crippen LogP contribution in [0, 0.1) is 10.1 Å². The first-order valence-corrected chi connectivity index (χ1v) is 6.76. The molecule has 0 bridgehead atoms. The van der Waals surface area contributed by atoms with Crippen LogP contribution < -0.4 is 15.5 Å². The minimum atomic E-state index is -0.403. The molecule has 0 aliphatic heterocycles. The lowest BCUT2D eigenvalue weighted by Gasteiger charge is -2.11. The molecule has 118 valence electrons. The summed E-state index contributed by atoms with van der Waals surface area (Å²) in [6.07, 6.45) is 0. The molecule has 0 fully saturated rings. The number of benzene rings is 2. The molecule has 0 heterocycles. The first-order valence-electron chi connectivity index (χ1n) is 6.76. The second-order valence-corrected chi connectivity index (χ2v) is 5.15. The molecule has 0 aromatic heterocycles. The summed E-state index contributed by atoms with van der Waals surface area (Å²) in [6, 6.07) is 14.2. The van der Waals surface area contributed by atoms with Gasteiger partial charge in [-0.1, -0.05) is 0 Å². The largest absolute Gasteiger partial charge is 0.399 e. The molecule has 0 saturated carbocycles. The van der Waals surface area contributed by atoms with Crippen LogP contribution in [-0.2, 0) is 0 Å². The average Bonchev–Trinajstić information content (AvgIpc) is 2.48. The van der Waals surface area contributed by atoms with Crippen molar-refractivity contribution < 1.29 is 4.92 Å². The van der Waals surface area contributed by atoms with Crippen LogP contribution in [0.25, 0.3) is 0 Å². The molecule has 0 spiro atoms. The van der Waals surface area contributed by atoms with E-state index < -0.39 is 4.92 Å².